The highest BCUT2D eigenvalue weighted by molar-refractivity contribution is 5.78. The molecule has 4 aliphatic rings. The zero-order chi connectivity index (χ0) is 21.7. The van der Waals surface area contributed by atoms with E-state index in [1.807, 2.05) is 0 Å². The first kappa shape index (κ1) is 22.3. The Balaban J connectivity index is 1.52. The Hall–Kier alpha value is -0.860. The van der Waals surface area contributed by atoms with Crippen LogP contribution in [0.1, 0.15) is 105 Å². The lowest BCUT2D eigenvalue weighted by atomic mass is 9.44. The number of ether oxygens (including phenoxy) is 1. The molecular weight excluding hydrogens is 372 g/mol. The molecule has 1 heterocycles. The highest BCUT2D eigenvalue weighted by Gasteiger charge is 2.66. The molecule has 0 radical (unpaired) electrons. The van der Waals surface area contributed by atoms with Gasteiger partial charge >= 0.3 is 5.97 Å². The molecule has 4 rings (SSSR count). The van der Waals surface area contributed by atoms with Crippen molar-refractivity contribution in [2.24, 2.45) is 46.3 Å². The molecule has 0 aromatic heterocycles. The topological polar surface area (TPSA) is 43.4 Å². The van der Waals surface area contributed by atoms with Gasteiger partial charge in [0.15, 0.2) is 11.9 Å². The molecule has 3 nitrogen and oxygen atoms in total. The van der Waals surface area contributed by atoms with Gasteiger partial charge < -0.3 is 4.74 Å². The van der Waals surface area contributed by atoms with Crippen molar-refractivity contribution >= 4 is 12.3 Å². The van der Waals surface area contributed by atoms with Crippen molar-refractivity contribution in [2.45, 2.75) is 111 Å². The molecule has 30 heavy (non-hydrogen) atoms. The average molecular weight is 417 g/mol. The molecule has 0 aromatic carbocycles. The number of esters is 1. The van der Waals surface area contributed by atoms with E-state index in [1.54, 1.807) is 0 Å². The molecule has 4 fully saturated rings. The largest absolute Gasteiger partial charge is 0.451 e. The fourth-order valence-electron chi connectivity index (χ4n) is 8.88. The van der Waals surface area contributed by atoms with Crippen LogP contribution in [0.3, 0.4) is 0 Å². The van der Waals surface area contributed by atoms with E-state index in [0.29, 0.717) is 23.7 Å². The van der Waals surface area contributed by atoms with Crippen LogP contribution < -0.4 is 0 Å². The smallest absolute Gasteiger partial charge is 0.306 e. The molecule has 1 aliphatic heterocycles. The molecule has 0 spiro atoms. The van der Waals surface area contributed by atoms with Gasteiger partial charge in [0.25, 0.3) is 0 Å². The van der Waals surface area contributed by atoms with E-state index in [9.17, 15) is 9.59 Å². The molecule has 3 heteroatoms. The van der Waals surface area contributed by atoms with E-state index in [0.717, 1.165) is 49.2 Å². The van der Waals surface area contributed by atoms with E-state index in [2.05, 4.69) is 34.6 Å². The van der Waals surface area contributed by atoms with Crippen molar-refractivity contribution in [3.05, 3.63) is 0 Å². The summed E-state index contributed by atoms with van der Waals surface area (Å²) in [5, 5.41) is 0. The number of aldehydes is 1. The standard InChI is InChI=1S/C27H44O3/c1-18(2)7-6-8-19(3)21-9-10-22-20-11-16-27(17-28)26(5,15-13-24(29)30-27)23(20)12-14-25(21,22)4/h17-23H,6-16H2,1-5H3/t19-,20+,21-,22+,23+,25-,26-,27+/m1/s1. The van der Waals surface area contributed by atoms with Crippen LogP contribution in [-0.4, -0.2) is 17.9 Å². The highest BCUT2D eigenvalue weighted by atomic mass is 16.6. The third-order valence-electron chi connectivity index (χ3n) is 10.6. The van der Waals surface area contributed by atoms with Gasteiger partial charge in [-0.15, -0.1) is 0 Å². The number of hydrogen-bond donors (Lipinski definition) is 0. The summed E-state index contributed by atoms with van der Waals surface area (Å²) in [5.41, 5.74) is -0.575. The fraction of sp³-hybridized carbons (Fsp3) is 0.926. The zero-order valence-corrected chi connectivity index (χ0v) is 20.0. The summed E-state index contributed by atoms with van der Waals surface area (Å²) in [5.74, 6) is 4.32. The van der Waals surface area contributed by atoms with Crippen molar-refractivity contribution < 1.29 is 14.3 Å². The van der Waals surface area contributed by atoms with Crippen molar-refractivity contribution in [1.82, 2.24) is 0 Å². The van der Waals surface area contributed by atoms with Crippen LogP contribution in [0.15, 0.2) is 0 Å². The first-order valence-electron chi connectivity index (χ1n) is 12.8. The van der Waals surface area contributed by atoms with E-state index in [4.69, 9.17) is 4.74 Å². The second-order valence-electron chi connectivity index (χ2n) is 12.3. The first-order chi connectivity index (χ1) is 14.2. The van der Waals surface area contributed by atoms with E-state index in [1.165, 1.54) is 44.9 Å². The molecule has 0 amide bonds. The Morgan fingerprint density at radius 1 is 1.00 bits per heavy atom. The van der Waals surface area contributed by atoms with E-state index >= 15 is 0 Å². The number of carbonyl (C=O) groups excluding carboxylic acids is 2. The molecule has 1 saturated heterocycles. The summed E-state index contributed by atoms with van der Waals surface area (Å²) in [7, 11) is 0. The minimum atomic E-state index is -0.862. The summed E-state index contributed by atoms with van der Waals surface area (Å²) in [4.78, 5) is 24.3. The van der Waals surface area contributed by atoms with Crippen LogP contribution in [0, 0.1) is 46.3 Å². The molecule has 170 valence electrons. The monoisotopic (exact) mass is 416 g/mol. The van der Waals surface area contributed by atoms with Crippen LogP contribution >= 0.6 is 0 Å². The van der Waals surface area contributed by atoms with Gasteiger partial charge in [-0.05, 0) is 85.9 Å². The highest BCUT2D eigenvalue weighted by Crippen LogP contribution is 2.68. The predicted molar refractivity (Wildman–Crippen MR) is 120 cm³/mol. The lowest BCUT2D eigenvalue weighted by molar-refractivity contribution is -0.223. The van der Waals surface area contributed by atoms with Crippen molar-refractivity contribution in [3.63, 3.8) is 0 Å². The minimum Gasteiger partial charge on any atom is -0.451 e. The normalized spacial score (nSPS) is 46.5. The van der Waals surface area contributed by atoms with E-state index < -0.39 is 5.60 Å². The third kappa shape index (κ3) is 3.28. The quantitative estimate of drug-likeness (QED) is 0.363. The first-order valence-corrected chi connectivity index (χ1v) is 12.8. The van der Waals surface area contributed by atoms with Crippen LogP contribution in [0.4, 0.5) is 0 Å². The van der Waals surface area contributed by atoms with Crippen molar-refractivity contribution in [1.29, 1.82) is 0 Å². The zero-order valence-electron chi connectivity index (χ0n) is 20.0. The predicted octanol–water partition coefficient (Wildman–Crippen LogP) is 6.58. The van der Waals surface area contributed by atoms with Crippen LogP contribution in [0.2, 0.25) is 0 Å². The van der Waals surface area contributed by atoms with Crippen LogP contribution in [0.5, 0.6) is 0 Å². The van der Waals surface area contributed by atoms with Crippen molar-refractivity contribution in [3.8, 4) is 0 Å². The van der Waals surface area contributed by atoms with E-state index in [-0.39, 0.29) is 11.4 Å². The maximum atomic E-state index is 12.2. The average Bonchev–Trinajstić information content (AvgIpc) is 3.05. The Bertz CT molecular complexity index is 671. The van der Waals surface area contributed by atoms with Gasteiger partial charge in [0.05, 0.1) is 0 Å². The molecule has 3 aliphatic carbocycles. The van der Waals surface area contributed by atoms with Gasteiger partial charge in [0, 0.05) is 11.8 Å². The number of hydrogen-bond acceptors (Lipinski definition) is 3. The molecule has 0 aromatic rings. The second-order valence-corrected chi connectivity index (χ2v) is 12.3. The van der Waals surface area contributed by atoms with Crippen molar-refractivity contribution in [2.75, 3.05) is 0 Å². The summed E-state index contributed by atoms with van der Waals surface area (Å²) < 4.78 is 5.83. The molecule has 8 atom stereocenters. The van der Waals surface area contributed by atoms with Gasteiger partial charge in [0.1, 0.15) is 0 Å². The Morgan fingerprint density at radius 2 is 1.77 bits per heavy atom. The second kappa shape index (κ2) is 7.93. The minimum absolute atomic E-state index is 0.171. The SMILES string of the molecule is CC(C)CCC[C@@H](C)[C@H]1CC[C@H]2[C@@H]3CC[C@@]4(C=O)OC(=O)CC[C@]4(C)[C@H]3CC[C@]12C. The molecule has 0 unspecified atom stereocenters. The number of rotatable bonds is 6. The van der Waals surface area contributed by atoms with Gasteiger partial charge in [-0.25, -0.2) is 0 Å². The number of carbonyl (C=O) groups is 2. The number of fused-ring (bicyclic) bond motifs is 5. The maximum Gasteiger partial charge on any atom is 0.306 e. The van der Waals surface area contributed by atoms with Gasteiger partial charge in [-0.2, -0.15) is 0 Å². The summed E-state index contributed by atoms with van der Waals surface area (Å²) in [6, 6.07) is 0. The fourth-order valence-corrected chi connectivity index (χ4v) is 8.88. The summed E-state index contributed by atoms with van der Waals surface area (Å²) in [6.45, 7) is 12.1. The van der Waals surface area contributed by atoms with Gasteiger partial charge in [0.2, 0.25) is 0 Å². The Kier molecular flexibility index (Phi) is 5.90. The summed E-state index contributed by atoms with van der Waals surface area (Å²) in [6.07, 6.45) is 13.4. The molecule has 3 saturated carbocycles. The lowest BCUT2D eigenvalue weighted by Gasteiger charge is -2.62. The summed E-state index contributed by atoms with van der Waals surface area (Å²) >= 11 is 0. The van der Waals surface area contributed by atoms with Gasteiger partial charge in [-0.3, -0.25) is 9.59 Å². The lowest BCUT2D eigenvalue weighted by Crippen LogP contribution is -2.64. The molecule has 0 bridgehead atoms. The van der Waals surface area contributed by atoms with Crippen LogP contribution in [0.25, 0.3) is 0 Å². The molecular formula is C27H44O3. The maximum absolute atomic E-state index is 12.2. The Morgan fingerprint density at radius 3 is 2.47 bits per heavy atom. The van der Waals surface area contributed by atoms with Crippen LogP contribution in [-0.2, 0) is 14.3 Å². The Labute approximate surface area is 184 Å². The third-order valence-corrected chi connectivity index (χ3v) is 10.6. The van der Waals surface area contributed by atoms with Gasteiger partial charge in [-0.1, -0.05) is 53.9 Å². The molecule has 0 N–H and O–H groups in total.